The number of ether oxygens (including phenoxy) is 1. The number of nitrogens with one attached hydrogen (secondary N) is 2. The van der Waals surface area contributed by atoms with Gasteiger partial charge in [-0.2, -0.15) is 11.8 Å². The summed E-state index contributed by atoms with van der Waals surface area (Å²) in [5, 5.41) is 5.92. The van der Waals surface area contributed by atoms with Gasteiger partial charge in [0.25, 0.3) is 0 Å². The average molecular weight is 578 g/mol. The smallest absolute Gasteiger partial charge is 0.408 e. The van der Waals surface area contributed by atoms with Crippen molar-refractivity contribution in [1.29, 1.82) is 0 Å². The van der Waals surface area contributed by atoms with Crippen molar-refractivity contribution in [3.8, 4) is 0 Å². The third-order valence-corrected chi connectivity index (χ3v) is 7.40. The first-order chi connectivity index (χ1) is 18.9. The molecule has 0 aliphatic carbocycles. The van der Waals surface area contributed by atoms with Crippen molar-refractivity contribution < 1.29 is 19.1 Å². The van der Waals surface area contributed by atoms with Crippen LogP contribution in [-0.4, -0.2) is 59.5 Å². The van der Waals surface area contributed by atoms with Crippen LogP contribution in [0.4, 0.5) is 4.79 Å². The summed E-state index contributed by atoms with van der Waals surface area (Å²) in [6.07, 6.45) is 10.0. The SMILES string of the molecule is CCCCCCCCN(C(=O)C(CCSC)NC(=O)OC(C)(C)C)C(C(=O)NCCCC)c1cc(C)ccc1C. The number of hydrogen-bond donors (Lipinski definition) is 2. The van der Waals surface area contributed by atoms with Gasteiger partial charge in [0, 0.05) is 13.1 Å². The first kappa shape index (κ1) is 35.8. The Morgan fingerprint density at radius 1 is 0.975 bits per heavy atom. The zero-order chi connectivity index (χ0) is 30.1. The molecule has 1 aromatic carbocycles. The third kappa shape index (κ3) is 13.4. The molecule has 0 aromatic heterocycles. The van der Waals surface area contributed by atoms with Crippen molar-refractivity contribution in [3.05, 3.63) is 34.9 Å². The number of hydrogen-bond acceptors (Lipinski definition) is 5. The van der Waals surface area contributed by atoms with E-state index in [0.29, 0.717) is 25.3 Å². The normalized spacial score (nSPS) is 12.9. The van der Waals surface area contributed by atoms with Crippen molar-refractivity contribution >= 4 is 29.7 Å². The molecule has 0 heterocycles. The van der Waals surface area contributed by atoms with Gasteiger partial charge in [-0.15, -0.1) is 0 Å². The fraction of sp³-hybridized carbons (Fsp3) is 0.719. The number of carbonyl (C=O) groups excluding carboxylic acids is 3. The van der Waals surface area contributed by atoms with Crippen LogP contribution in [0.5, 0.6) is 0 Å². The van der Waals surface area contributed by atoms with Gasteiger partial charge in [-0.05, 0) is 77.0 Å². The maximum absolute atomic E-state index is 14.3. The second-order valence-electron chi connectivity index (χ2n) is 11.7. The molecule has 1 rings (SSSR count). The summed E-state index contributed by atoms with van der Waals surface area (Å²) in [5.41, 5.74) is 2.14. The number of amides is 3. The van der Waals surface area contributed by atoms with Crippen LogP contribution in [0.15, 0.2) is 18.2 Å². The molecule has 0 bridgehead atoms. The minimum absolute atomic E-state index is 0.178. The maximum Gasteiger partial charge on any atom is 0.408 e. The predicted molar refractivity (Wildman–Crippen MR) is 168 cm³/mol. The van der Waals surface area contributed by atoms with Gasteiger partial charge >= 0.3 is 6.09 Å². The van der Waals surface area contributed by atoms with E-state index >= 15 is 0 Å². The van der Waals surface area contributed by atoms with E-state index in [1.807, 2.05) is 38.3 Å². The van der Waals surface area contributed by atoms with E-state index in [-0.39, 0.29) is 11.8 Å². The topological polar surface area (TPSA) is 87.7 Å². The highest BCUT2D eigenvalue weighted by Gasteiger charge is 2.36. The summed E-state index contributed by atoms with van der Waals surface area (Å²) in [6.45, 7) is 14.7. The molecule has 0 saturated carbocycles. The molecule has 0 saturated heterocycles. The van der Waals surface area contributed by atoms with Gasteiger partial charge in [0.1, 0.15) is 17.7 Å². The average Bonchev–Trinajstić information content (AvgIpc) is 2.88. The van der Waals surface area contributed by atoms with Crippen LogP contribution in [0.1, 0.15) is 115 Å². The number of thioether (sulfide) groups is 1. The fourth-order valence-electron chi connectivity index (χ4n) is 4.56. The van der Waals surface area contributed by atoms with Crippen LogP contribution in [0.25, 0.3) is 0 Å². The minimum Gasteiger partial charge on any atom is -0.444 e. The molecule has 2 unspecified atom stereocenters. The number of alkyl carbamates (subject to hydrolysis) is 1. The predicted octanol–water partition coefficient (Wildman–Crippen LogP) is 7.10. The Balaban J connectivity index is 3.47. The fourth-order valence-corrected chi connectivity index (χ4v) is 5.03. The van der Waals surface area contributed by atoms with Gasteiger partial charge in [0.2, 0.25) is 11.8 Å². The number of aryl methyl sites for hydroxylation is 2. The Hall–Kier alpha value is -2.22. The van der Waals surface area contributed by atoms with Gasteiger partial charge in [-0.1, -0.05) is 76.1 Å². The highest BCUT2D eigenvalue weighted by molar-refractivity contribution is 7.98. The lowest BCUT2D eigenvalue weighted by molar-refractivity contribution is -0.142. The van der Waals surface area contributed by atoms with Gasteiger partial charge in [-0.3, -0.25) is 9.59 Å². The highest BCUT2D eigenvalue weighted by atomic mass is 32.2. The molecule has 0 fully saturated rings. The van der Waals surface area contributed by atoms with Crippen LogP contribution in [0, 0.1) is 13.8 Å². The van der Waals surface area contributed by atoms with Crippen LogP contribution >= 0.6 is 11.8 Å². The Morgan fingerprint density at radius 2 is 1.62 bits per heavy atom. The number of nitrogens with zero attached hydrogens (tertiary/aromatic N) is 1. The van der Waals surface area contributed by atoms with Gasteiger partial charge in [0.05, 0.1) is 0 Å². The molecule has 2 N–H and O–H groups in total. The van der Waals surface area contributed by atoms with Crippen LogP contribution in [0.3, 0.4) is 0 Å². The van der Waals surface area contributed by atoms with E-state index in [9.17, 15) is 14.4 Å². The Kier molecular flexibility index (Phi) is 17.0. The molecule has 0 aliphatic heterocycles. The van der Waals surface area contributed by atoms with Crippen molar-refractivity contribution in [2.45, 2.75) is 124 Å². The molecule has 0 aliphatic rings. The lowest BCUT2D eigenvalue weighted by atomic mass is 9.95. The molecule has 1 aromatic rings. The molecule has 3 amide bonds. The number of benzene rings is 1. The minimum atomic E-state index is -0.793. The molecule has 228 valence electrons. The largest absolute Gasteiger partial charge is 0.444 e. The monoisotopic (exact) mass is 577 g/mol. The maximum atomic E-state index is 14.3. The Morgan fingerprint density at radius 3 is 2.25 bits per heavy atom. The lowest BCUT2D eigenvalue weighted by Gasteiger charge is -2.35. The van der Waals surface area contributed by atoms with Crippen molar-refractivity contribution in [1.82, 2.24) is 15.5 Å². The summed E-state index contributed by atoms with van der Waals surface area (Å²) >= 11 is 1.62. The van der Waals surface area contributed by atoms with Crippen LogP contribution in [-0.2, 0) is 14.3 Å². The Labute approximate surface area is 248 Å². The van der Waals surface area contributed by atoms with Crippen LogP contribution < -0.4 is 10.6 Å². The standard InChI is InChI=1S/C32H55N3O4S/c1-9-11-13-14-15-16-21-35(30(37)27(19-22-40-8)34-31(38)39-32(5,6)7)28(29(36)33-20-12-10-2)26-23-24(3)17-18-25(26)4/h17-18,23,27-28H,9-16,19-22H2,1-8H3,(H,33,36)(H,34,38). The number of unbranched alkanes of at least 4 members (excludes halogenated alkanes) is 6. The van der Waals surface area contributed by atoms with E-state index < -0.39 is 23.8 Å². The Bertz CT molecular complexity index is 916. The summed E-state index contributed by atoms with van der Waals surface area (Å²) < 4.78 is 5.50. The molecular weight excluding hydrogens is 522 g/mol. The van der Waals surface area contributed by atoms with Crippen molar-refractivity contribution in [2.24, 2.45) is 0 Å². The van der Waals surface area contributed by atoms with Gasteiger partial charge in [-0.25, -0.2) is 4.79 Å². The summed E-state index contributed by atoms with van der Waals surface area (Å²) in [5.74, 6) is 0.265. The third-order valence-electron chi connectivity index (χ3n) is 6.75. The van der Waals surface area contributed by atoms with Gasteiger partial charge in [0.15, 0.2) is 0 Å². The van der Waals surface area contributed by atoms with Crippen molar-refractivity contribution in [2.75, 3.05) is 25.1 Å². The highest BCUT2D eigenvalue weighted by Crippen LogP contribution is 2.28. The summed E-state index contributed by atoms with van der Waals surface area (Å²) in [6, 6.07) is 4.47. The number of carbonyl (C=O) groups is 3. The summed E-state index contributed by atoms with van der Waals surface area (Å²) in [7, 11) is 0. The zero-order valence-corrected chi connectivity index (χ0v) is 27.2. The molecule has 40 heavy (non-hydrogen) atoms. The van der Waals surface area contributed by atoms with E-state index in [1.165, 1.54) is 19.3 Å². The summed E-state index contributed by atoms with van der Waals surface area (Å²) in [4.78, 5) is 42.6. The molecule has 7 nitrogen and oxygen atoms in total. The van der Waals surface area contributed by atoms with Crippen LogP contribution in [0.2, 0.25) is 0 Å². The van der Waals surface area contributed by atoms with E-state index in [0.717, 1.165) is 48.8 Å². The molecule has 2 atom stereocenters. The molecular formula is C32H55N3O4S. The second kappa shape index (κ2) is 19.0. The first-order valence-corrected chi connectivity index (χ1v) is 16.5. The van der Waals surface area contributed by atoms with E-state index in [1.54, 1.807) is 37.4 Å². The zero-order valence-electron chi connectivity index (χ0n) is 26.4. The molecule has 8 heteroatoms. The number of rotatable bonds is 18. The van der Waals surface area contributed by atoms with E-state index in [4.69, 9.17) is 4.74 Å². The molecule has 0 spiro atoms. The second-order valence-corrected chi connectivity index (χ2v) is 12.7. The quantitative estimate of drug-likeness (QED) is 0.182. The molecule has 0 radical (unpaired) electrons. The first-order valence-electron chi connectivity index (χ1n) is 15.1. The van der Waals surface area contributed by atoms with Crippen molar-refractivity contribution in [3.63, 3.8) is 0 Å². The lowest BCUT2D eigenvalue weighted by Crippen LogP contribution is -2.53. The van der Waals surface area contributed by atoms with E-state index in [2.05, 4.69) is 24.5 Å². The van der Waals surface area contributed by atoms with Gasteiger partial charge < -0.3 is 20.3 Å².